The zero-order chi connectivity index (χ0) is 20.8. The maximum Gasteiger partial charge on any atom is 0.379 e. The molecule has 27 heavy (non-hydrogen) atoms. The van der Waals surface area contributed by atoms with E-state index in [-0.39, 0.29) is 0 Å². The SMILES string of the molecule is COC(=O)[C@]1(OC(C)=O)C[C@H](OC(C)=O)[C@@H](NC(C)=O)[C@H](COC(C)=O)O1. The van der Waals surface area contributed by atoms with E-state index < -0.39 is 66.8 Å². The van der Waals surface area contributed by atoms with Crippen molar-refractivity contribution >= 4 is 29.8 Å². The van der Waals surface area contributed by atoms with Crippen LogP contribution < -0.4 is 5.32 Å². The molecule has 0 radical (unpaired) electrons. The van der Waals surface area contributed by atoms with Gasteiger partial charge in [-0.2, -0.15) is 0 Å². The maximum atomic E-state index is 12.3. The van der Waals surface area contributed by atoms with Gasteiger partial charge in [0.2, 0.25) is 5.91 Å². The van der Waals surface area contributed by atoms with Crippen LogP contribution in [0.25, 0.3) is 0 Å². The number of esters is 4. The third kappa shape index (κ3) is 6.20. The summed E-state index contributed by atoms with van der Waals surface area (Å²) in [6.45, 7) is 4.16. The molecule has 11 nitrogen and oxygen atoms in total. The fourth-order valence-electron chi connectivity index (χ4n) is 2.71. The molecule has 4 atom stereocenters. The van der Waals surface area contributed by atoms with Crippen LogP contribution in [0.4, 0.5) is 0 Å². The lowest BCUT2D eigenvalue weighted by Gasteiger charge is -2.45. The van der Waals surface area contributed by atoms with Crippen LogP contribution in [0.2, 0.25) is 0 Å². The highest BCUT2D eigenvalue weighted by Gasteiger charge is 2.57. The van der Waals surface area contributed by atoms with Gasteiger partial charge in [-0.25, -0.2) is 4.79 Å². The molecule has 1 heterocycles. The van der Waals surface area contributed by atoms with Gasteiger partial charge < -0.3 is 29.0 Å². The third-order valence-electron chi connectivity index (χ3n) is 3.56. The molecular formula is C16H23NO10. The van der Waals surface area contributed by atoms with Gasteiger partial charge in [-0.05, 0) is 0 Å². The minimum Gasteiger partial charge on any atom is -0.464 e. The normalized spacial score (nSPS) is 27.1. The Balaban J connectivity index is 3.34. The summed E-state index contributed by atoms with van der Waals surface area (Å²) in [6.07, 6.45) is -2.73. The zero-order valence-electron chi connectivity index (χ0n) is 15.7. The molecule has 11 heteroatoms. The highest BCUT2D eigenvalue weighted by atomic mass is 16.8. The molecule has 1 fully saturated rings. The van der Waals surface area contributed by atoms with Crippen LogP contribution in [-0.4, -0.2) is 67.5 Å². The highest BCUT2D eigenvalue weighted by Crippen LogP contribution is 2.34. The van der Waals surface area contributed by atoms with E-state index in [4.69, 9.17) is 18.9 Å². The van der Waals surface area contributed by atoms with E-state index in [1.54, 1.807) is 0 Å². The molecule has 1 aliphatic rings. The van der Waals surface area contributed by atoms with Gasteiger partial charge in [0.05, 0.1) is 19.6 Å². The summed E-state index contributed by atoms with van der Waals surface area (Å²) in [4.78, 5) is 58.1. The Morgan fingerprint density at radius 2 is 1.67 bits per heavy atom. The van der Waals surface area contributed by atoms with Crippen LogP contribution in [0.5, 0.6) is 0 Å². The second kappa shape index (κ2) is 9.31. The van der Waals surface area contributed by atoms with Gasteiger partial charge in [-0.15, -0.1) is 0 Å². The first kappa shape index (κ1) is 22.4. The fourth-order valence-corrected chi connectivity index (χ4v) is 2.71. The molecule has 0 saturated carbocycles. The van der Waals surface area contributed by atoms with Crippen molar-refractivity contribution in [1.82, 2.24) is 5.32 Å². The molecule has 0 aliphatic carbocycles. The Labute approximate surface area is 155 Å². The number of methoxy groups -OCH3 is 1. The number of amides is 1. The van der Waals surface area contributed by atoms with Crippen molar-refractivity contribution in [3.63, 3.8) is 0 Å². The lowest BCUT2D eigenvalue weighted by atomic mass is 9.92. The first-order valence-electron chi connectivity index (χ1n) is 8.04. The van der Waals surface area contributed by atoms with Gasteiger partial charge in [0.25, 0.3) is 0 Å². The fraction of sp³-hybridized carbons (Fsp3) is 0.688. The summed E-state index contributed by atoms with van der Waals surface area (Å²) >= 11 is 0. The second-order valence-electron chi connectivity index (χ2n) is 5.88. The largest absolute Gasteiger partial charge is 0.464 e. The van der Waals surface area contributed by atoms with Crippen LogP contribution >= 0.6 is 0 Å². The number of hydrogen-bond donors (Lipinski definition) is 1. The van der Waals surface area contributed by atoms with E-state index in [9.17, 15) is 24.0 Å². The Morgan fingerprint density at radius 1 is 1.04 bits per heavy atom. The number of nitrogens with one attached hydrogen (secondary N) is 1. The summed E-state index contributed by atoms with van der Waals surface area (Å²) in [5.41, 5.74) is 0. The van der Waals surface area contributed by atoms with Crippen LogP contribution in [0.1, 0.15) is 34.1 Å². The molecule has 0 spiro atoms. The molecular weight excluding hydrogens is 366 g/mol. The topological polar surface area (TPSA) is 144 Å². The molecule has 0 aromatic heterocycles. The van der Waals surface area contributed by atoms with E-state index in [0.717, 1.165) is 27.9 Å². The van der Waals surface area contributed by atoms with Crippen LogP contribution in [0.3, 0.4) is 0 Å². The first-order chi connectivity index (χ1) is 12.5. The van der Waals surface area contributed by atoms with Crippen LogP contribution in [0, 0.1) is 0 Å². The molecule has 0 aromatic carbocycles. The van der Waals surface area contributed by atoms with Gasteiger partial charge in [0, 0.05) is 27.7 Å². The smallest absolute Gasteiger partial charge is 0.379 e. The summed E-state index contributed by atoms with van der Waals surface area (Å²) in [7, 11) is 1.05. The molecule has 0 unspecified atom stereocenters. The lowest BCUT2D eigenvalue weighted by Crippen LogP contribution is -2.66. The molecule has 1 aliphatic heterocycles. The summed E-state index contributed by atoms with van der Waals surface area (Å²) in [5.74, 6) is -5.97. The number of ether oxygens (including phenoxy) is 5. The van der Waals surface area contributed by atoms with Gasteiger partial charge in [0.15, 0.2) is 0 Å². The molecule has 1 N–H and O–H groups in total. The predicted octanol–water partition coefficient (Wildman–Crippen LogP) is -0.793. The van der Waals surface area contributed by atoms with Crippen molar-refractivity contribution < 1.29 is 47.7 Å². The molecule has 0 aromatic rings. The average Bonchev–Trinajstić information content (AvgIpc) is 2.53. The molecule has 1 rings (SSSR count). The zero-order valence-corrected chi connectivity index (χ0v) is 15.7. The summed E-state index contributed by atoms with van der Waals surface area (Å²) in [5, 5.41) is 2.53. The van der Waals surface area contributed by atoms with Crippen molar-refractivity contribution in [2.45, 2.75) is 58.2 Å². The van der Waals surface area contributed by atoms with Crippen LogP contribution in [-0.2, 0) is 47.7 Å². The van der Waals surface area contributed by atoms with Gasteiger partial charge >= 0.3 is 29.7 Å². The number of carbonyl (C=O) groups excluding carboxylic acids is 5. The maximum absolute atomic E-state index is 12.3. The van der Waals surface area contributed by atoms with Crippen molar-refractivity contribution in [2.75, 3.05) is 13.7 Å². The minimum absolute atomic E-state index is 0.405. The number of rotatable bonds is 6. The second-order valence-corrected chi connectivity index (χ2v) is 5.88. The predicted molar refractivity (Wildman–Crippen MR) is 85.8 cm³/mol. The molecule has 1 saturated heterocycles. The molecule has 152 valence electrons. The number of carbonyl (C=O) groups is 5. The third-order valence-corrected chi connectivity index (χ3v) is 3.56. The van der Waals surface area contributed by atoms with E-state index in [2.05, 4.69) is 10.1 Å². The molecule has 1 amide bonds. The van der Waals surface area contributed by atoms with Crippen LogP contribution in [0.15, 0.2) is 0 Å². The average molecular weight is 389 g/mol. The Morgan fingerprint density at radius 3 is 2.11 bits per heavy atom. The Bertz CT molecular complexity index is 618. The van der Waals surface area contributed by atoms with Crippen molar-refractivity contribution in [1.29, 1.82) is 0 Å². The van der Waals surface area contributed by atoms with Crippen molar-refractivity contribution in [3.05, 3.63) is 0 Å². The van der Waals surface area contributed by atoms with Gasteiger partial charge in [-0.3, -0.25) is 19.2 Å². The van der Waals surface area contributed by atoms with E-state index >= 15 is 0 Å². The Hall–Kier alpha value is -2.69. The Kier molecular flexibility index (Phi) is 7.70. The minimum atomic E-state index is -2.24. The van der Waals surface area contributed by atoms with Gasteiger partial charge in [-0.1, -0.05) is 0 Å². The quantitative estimate of drug-likeness (QED) is 0.453. The number of hydrogen-bond acceptors (Lipinski definition) is 10. The lowest BCUT2D eigenvalue weighted by molar-refractivity contribution is -0.291. The summed E-state index contributed by atoms with van der Waals surface area (Å²) < 4.78 is 25.4. The van der Waals surface area contributed by atoms with Crippen molar-refractivity contribution in [2.24, 2.45) is 0 Å². The van der Waals surface area contributed by atoms with Crippen molar-refractivity contribution in [3.8, 4) is 0 Å². The molecule has 0 bridgehead atoms. The van der Waals surface area contributed by atoms with E-state index in [1.807, 2.05) is 0 Å². The summed E-state index contributed by atoms with van der Waals surface area (Å²) in [6, 6.07) is -0.973. The first-order valence-corrected chi connectivity index (χ1v) is 8.04. The standard InChI is InChI=1S/C16H23NO10/c1-8(18)17-14-12(25-10(3)20)6-16(15(22)23-5,26-11(4)21)27-13(14)7-24-9(2)19/h12-14H,6-7H2,1-5H3,(H,17,18)/t12-,13-,14+,16-/m0/s1. The monoisotopic (exact) mass is 389 g/mol. The van der Waals surface area contributed by atoms with E-state index in [0.29, 0.717) is 0 Å². The highest BCUT2D eigenvalue weighted by molar-refractivity contribution is 5.82. The van der Waals surface area contributed by atoms with Gasteiger partial charge in [0.1, 0.15) is 18.8 Å². The van der Waals surface area contributed by atoms with E-state index in [1.165, 1.54) is 6.92 Å².